The maximum Gasteiger partial charge on any atom is 0.343 e. The predicted molar refractivity (Wildman–Crippen MR) is 197 cm³/mol. The Morgan fingerprint density at radius 1 is 0.706 bits per heavy atom. The highest BCUT2D eigenvalue weighted by Gasteiger charge is 2.42. The smallest absolute Gasteiger partial charge is 0.343 e. The van der Waals surface area contributed by atoms with Gasteiger partial charge < -0.3 is 9.47 Å². The molecule has 0 radical (unpaired) electrons. The van der Waals surface area contributed by atoms with Gasteiger partial charge in [0.2, 0.25) is 0 Å². The van der Waals surface area contributed by atoms with Gasteiger partial charge in [-0.2, -0.15) is 0 Å². The first-order valence-electron chi connectivity index (χ1n) is 16.9. The summed E-state index contributed by atoms with van der Waals surface area (Å²) >= 11 is 0. The first-order chi connectivity index (χ1) is 25.0. The SMILES string of the molecule is CCOC(=O)c1c(OCc2ccc(-c3ccccc3-c3nnnn3C(c3ccccc3)(c3ccccc3)c3ccccc3)cc2)cc(C)nc1C. The number of rotatable bonds is 11. The zero-order chi connectivity index (χ0) is 35.2. The molecule has 0 saturated heterocycles. The molecule has 0 bridgehead atoms. The van der Waals surface area contributed by atoms with Gasteiger partial charge in [0.25, 0.3) is 0 Å². The number of tetrazole rings is 1. The summed E-state index contributed by atoms with van der Waals surface area (Å²) in [6, 6.07) is 49.3. The van der Waals surface area contributed by atoms with Crippen molar-refractivity contribution in [1.82, 2.24) is 25.2 Å². The van der Waals surface area contributed by atoms with Crippen molar-refractivity contribution in [3.63, 3.8) is 0 Å². The van der Waals surface area contributed by atoms with Gasteiger partial charge in [0.15, 0.2) is 5.82 Å². The van der Waals surface area contributed by atoms with Crippen molar-refractivity contribution in [3.05, 3.63) is 185 Å². The molecule has 252 valence electrons. The zero-order valence-electron chi connectivity index (χ0n) is 28.7. The van der Waals surface area contributed by atoms with Crippen molar-refractivity contribution in [2.24, 2.45) is 0 Å². The first kappa shape index (κ1) is 33.1. The number of pyridine rings is 1. The number of aromatic nitrogens is 5. The second-order valence-electron chi connectivity index (χ2n) is 12.2. The second kappa shape index (κ2) is 14.6. The molecule has 5 aromatic carbocycles. The quantitative estimate of drug-likeness (QED) is 0.100. The highest BCUT2D eigenvalue weighted by Crippen LogP contribution is 2.43. The molecular formula is C43H37N5O3. The summed E-state index contributed by atoms with van der Waals surface area (Å²) in [6.07, 6.45) is 0. The Bertz CT molecular complexity index is 2160. The maximum absolute atomic E-state index is 12.7. The maximum atomic E-state index is 12.7. The number of aryl methyl sites for hydroxylation is 2. The fraction of sp³-hybridized carbons (Fsp3) is 0.140. The number of esters is 1. The minimum absolute atomic E-state index is 0.267. The Morgan fingerprint density at radius 2 is 1.25 bits per heavy atom. The minimum Gasteiger partial charge on any atom is -0.488 e. The van der Waals surface area contributed by atoms with E-state index in [4.69, 9.17) is 14.7 Å². The average molecular weight is 672 g/mol. The van der Waals surface area contributed by atoms with Gasteiger partial charge in [-0.1, -0.05) is 140 Å². The molecule has 2 aromatic heterocycles. The summed E-state index contributed by atoms with van der Waals surface area (Å²) in [6.45, 7) is 5.98. The lowest BCUT2D eigenvalue weighted by Gasteiger charge is -2.36. The van der Waals surface area contributed by atoms with Gasteiger partial charge in [0.05, 0.1) is 12.3 Å². The van der Waals surface area contributed by atoms with Crippen molar-refractivity contribution in [1.29, 1.82) is 0 Å². The van der Waals surface area contributed by atoms with E-state index in [1.807, 2.05) is 90.5 Å². The molecule has 7 rings (SSSR count). The Morgan fingerprint density at radius 3 is 1.82 bits per heavy atom. The summed E-state index contributed by atoms with van der Waals surface area (Å²) < 4.78 is 13.4. The summed E-state index contributed by atoms with van der Waals surface area (Å²) in [7, 11) is 0. The zero-order valence-corrected chi connectivity index (χ0v) is 28.7. The van der Waals surface area contributed by atoms with Crippen LogP contribution in [0.2, 0.25) is 0 Å². The molecule has 0 atom stereocenters. The van der Waals surface area contributed by atoms with Crippen LogP contribution < -0.4 is 4.74 Å². The van der Waals surface area contributed by atoms with Gasteiger partial charge in [-0.15, -0.1) is 5.10 Å². The fourth-order valence-corrected chi connectivity index (χ4v) is 6.72. The van der Waals surface area contributed by atoms with E-state index in [2.05, 4.69) is 76.0 Å². The molecule has 0 unspecified atom stereocenters. The number of hydrogen-bond acceptors (Lipinski definition) is 7. The van der Waals surface area contributed by atoms with E-state index >= 15 is 0 Å². The highest BCUT2D eigenvalue weighted by atomic mass is 16.5. The fourth-order valence-electron chi connectivity index (χ4n) is 6.72. The molecule has 7 aromatic rings. The Hall–Kier alpha value is -6.41. The average Bonchev–Trinajstić information content (AvgIpc) is 3.66. The Kier molecular flexibility index (Phi) is 9.48. The Labute approximate surface area is 297 Å². The Balaban J connectivity index is 1.28. The molecule has 0 amide bonds. The van der Waals surface area contributed by atoms with E-state index in [0.717, 1.165) is 44.6 Å². The number of ether oxygens (including phenoxy) is 2. The third kappa shape index (κ3) is 6.39. The van der Waals surface area contributed by atoms with Crippen LogP contribution in [0.15, 0.2) is 146 Å². The lowest BCUT2D eigenvalue weighted by molar-refractivity contribution is 0.0519. The van der Waals surface area contributed by atoms with Gasteiger partial charge in [-0.3, -0.25) is 4.98 Å². The van der Waals surface area contributed by atoms with Gasteiger partial charge in [-0.05, 0) is 64.6 Å². The number of carbonyl (C=O) groups is 1. The molecule has 0 aliphatic rings. The predicted octanol–water partition coefficient (Wildman–Crippen LogP) is 8.61. The van der Waals surface area contributed by atoms with Crippen molar-refractivity contribution in [2.75, 3.05) is 6.61 Å². The summed E-state index contributed by atoms with van der Waals surface area (Å²) in [4.78, 5) is 17.2. The second-order valence-corrected chi connectivity index (χ2v) is 12.2. The molecule has 0 N–H and O–H groups in total. The lowest BCUT2D eigenvalue weighted by atomic mass is 9.77. The van der Waals surface area contributed by atoms with Crippen LogP contribution in [0.3, 0.4) is 0 Å². The summed E-state index contributed by atoms with van der Waals surface area (Å²) in [5.41, 5.74) is 7.72. The van der Waals surface area contributed by atoms with E-state index in [1.165, 1.54) is 0 Å². The molecule has 0 aliphatic carbocycles. The molecule has 2 heterocycles. The largest absolute Gasteiger partial charge is 0.488 e. The van der Waals surface area contributed by atoms with E-state index in [9.17, 15) is 4.79 Å². The summed E-state index contributed by atoms with van der Waals surface area (Å²) in [5, 5.41) is 13.7. The van der Waals surface area contributed by atoms with Crippen LogP contribution in [0.5, 0.6) is 5.75 Å². The van der Waals surface area contributed by atoms with Crippen LogP contribution in [0, 0.1) is 13.8 Å². The standard InChI is InChI=1S/C43H37N5O3/c1-4-50-42(49)40-31(3)44-30(2)28-39(40)51-29-32-24-26-33(27-25-32)37-22-14-15-23-38(37)41-45-46-47-48(41)43(34-16-8-5-9-17-34,35-18-10-6-11-19-35)36-20-12-7-13-21-36/h5-28H,4,29H2,1-3H3. The monoisotopic (exact) mass is 671 g/mol. The van der Waals surface area contributed by atoms with Crippen molar-refractivity contribution < 1.29 is 14.3 Å². The first-order valence-corrected chi connectivity index (χ1v) is 16.9. The molecular weight excluding hydrogens is 635 g/mol. The molecule has 0 spiro atoms. The van der Waals surface area contributed by atoms with Gasteiger partial charge >= 0.3 is 5.97 Å². The van der Waals surface area contributed by atoms with E-state index < -0.39 is 11.5 Å². The highest BCUT2D eigenvalue weighted by molar-refractivity contribution is 5.93. The summed E-state index contributed by atoms with van der Waals surface area (Å²) in [5.74, 6) is 0.644. The molecule has 51 heavy (non-hydrogen) atoms. The van der Waals surface area contributed by atoms with Gasteiger partial charge in [0.1, 0.15) is 23.5 Å². The molecule has 8 heteroatoms. The van der Waals surface area contributed by atoms with Crippen LogP contribution in [-0.4, -0.2) is 37.8 Å². The number of carbonyl (C=O) groups excluding carboxylic acids is 1. The van der Waals surface area contributed by atoms with Gasteiger partial charge in [-0.25, -0.2) is 9.48 Å². The van der Waals surface area contributed by atoms with E-state index in [0.29, 0.717) is 22.8 Å². The molecule has 8 nitrogen and oxygen atoms in total. The van der Waals surface area contributed by atoms with Crippen LogP contribution in [0.1, 0.15) is 50.9 Å². The normalized spacial score (nSPS) is 11.3. The minimum atomic E-state index is -0.872. The third-order valence-electron chi connectivity index (χ3n) is 8.96. The van der Waals surface area contributed by atoms with Crippen LogP contribution in [0.25, 0.3) is 22.5 Å². The van der Waals surface area contributed by atoms with Crippen molar-refractivity contribution in [3.8, 4) is 28.3 Å². The number of hydrogen-bond donors (Lipinski definition) is 0. The van der Waals surface area contributed by atoms with Crippen LogP contribution >= 0.6 is 0 Å². The molecule has 0 fully saturated rings. The molecule has 0 aliphatic heterocycles. The van der Waals surface area contributed by atoms with Crippen molar-refractivity contribution >= 4 is 5.97 Å². The van der Waals surface area contributed by atoms with Crippen LogP contribution in [0.4, 0.5) is 0 Å². The number of nitrogens with zero attached hydrogens (tertiary/aromatic N) is 5. The lowest BCUT2D eigenvalue weighted by Crippen LogP contribution is -2.39. The van der Waals surface area contributed by atoms with E-state index in [-0.39, 0.29) is 13.2 Å². The van der Waals surface area contributed by atoms with Crippen molar-refractivity contribution in [2.45, 2.75) is 32.9 Å². The number of benzene rings is 5. The molecule has 0 saturated carbocycles. The van der Waals surface area contributed by atoms with Crippen LogP contribution in [-0.2, 0) is 16.9 Å². The topological polar surface area (TPSA) is 92.0 Å². The van der Waals surface area contributed by atoms with Gasteiger partial charge in [0, 0.05) is 17.3 Å². The third-order valence-corrected chi connectivity index (χ3v) is 8.96. The van der Waals surface area contributed by atoms with E-state index in [1.54, 1.807) is 19.9 Å².